The highest BCUT2D eigenvalue weighted by molar-refractivity contribution is 7.22. The lowest BCUT2D eigenvalue weighted by Crippen LogP contribution is -2.33. The van der Waals surface area contributed by atoms with E-state index in [2.05, 4.69) is 5.10 Å². The molecule has 10 heteroatoms. The number of thiazole rings is 1. The van der Waals surface area contributed by atoms with E-state index >= 15 is 0 Å². The van der Waals surface area contributed by atoms with E-state index in [1.54, 1.807) is 23.1 Å². The van der Waals surface area contributed by atoms with E-state index in [1.807, 2.05) is 43.7 Å². The van der Waals surface area contributed by atoms with E-state index in [4.69, 9.17) is 16.6 Å². The number of hydrogen-bond acceptors (Lipinski definition) is 6. The highest BCUT2D eigenvalue weighted by atomic mass is 35.5. The maximum Gasteiger partial charge on any atom is 0.269 e. The average molecular weight is 496 g/mol. The Kier molecular flexibility index (Phi) is 6.76. The maximum atomic E-state index is 13.3. The van der Waals surface area contributed by atoms with Crippen LogP contribution in [0, 0.1) is 30.9 Å². The third-order valence-electron chi connectivity index (χ3n) is 5.30. The first kappa shape index (κ1) is 23.6. The van der Waals surface area contributed by atoms with Crippen LogP contribution in [0.1, 0.15) is 22.5 Å². The van der Waals surface area contributed by atoms with Gasteiger partial charge < -0.3 is 0 Å². The molecule has 0 aliphatic rings. The molecule has 0 N–H and O–H groups in total. The third kappa shape index (κ3) is 5.16. The van der Waals surface area contributed by atoms with Crippen LogP contribution in [0.2, 0.25) is 5.02 Å². The molecule has 0 saturated carbocycles. The lowest BCUT2D eigenvalue weighted by Gasteiger charge is -2.18. The van der Waals surface area contributed by atoms with Gasteiger partial charge in [0.25, 0.3) is 11.6 Å². The molecular weight excluding hydrogens is 474 g/mol. The number of halogens is 1. The normalized spacial score (nSPS) is 11.4. The van der Waals surface area contributed by atoms with Gasteiger partial charge in [-0.1, -0.05) is 22.9 Å². The fourth-order valence-electron chi connectivity index (χ4n) is 3.62. The summed E-state index contributed by atoms with van der Waals surface area (Å²) in [5.74, 6) is -0.248. The Labute approximate surface area is 205 Å². The Morgan fingerprint density at radius 2 is 1.94 bits per heavy atom. The molecule has 0 spiro atoms. The van der Waals surface area contributed by atoms with Crippen molar-refractivity contribution in [3.05, 3.63) is 86.2 Å². The molecule has 4 rings (SSSR count). The van der Waals surface area contributed by atoms with E-state index in [0.717, 1.165) is 27.2 Å². The van der Waals surface area contributed by atoms with E-state index in [0.29, 0.717) is 28.8 Å². The minimum absolute atomic E-state index is 0.00139. The number of nitrogens with zero attached hydrogens (tertiary/aromatic N) is 5. The Balaban J connectivity index is 1.63. The van der Waals surface area contributed by atoms with Gasteiger partial charge in [-0.05, 0) is 68.3 Å². The minimum atomic E-state index is -0.458. The summed E-state index contributed by atoms with van der Waals surface area (Å²) in [4.78, 5) is 30.0. The van der Waals surface area contributed by atoms with Crippen LogP contribution in [0.5, 0.6) is 0 Å². The Bertz CT molecular complexity index is 1410. The summed E-state index contributed by atoms with van der Waals surface area (Å²) in [6.45, 7) is 6.72. The standard InChI is InChI=1S/C24H22ClN5O3S/c1-15-12-19(25)14-21-23(15)26-24(34-21)28(10-11-29-17(3)13-16(2)27-29)22(31)9-6-18-4-7-20(8-5-18)30(32)33/h4-9,12-14H,10-11H2,1-3H3. The summed E-state index contributed by atoms with van der Waals surface area (Å²) in [7, 11) is 0. The lowest BCUT2D eigenvalue weighted by molar-refractivity contribution is -0.384. The van der Waals surface area contributed by atoms with Gasteiger partial charge in [0.2, 0.25) is 0 Å². The molecule has 34 heavy (non-hydrogen) atoms. The number of carbonyl (C=O) groups excluding carboxylic acids is 1. The number of hydrogen-bond donors (Lipinski definition) is 0. The summed E-state index contributed by atoms with van der Waals surface area (Å²) < 4.78 is 2.77. The van der Waals surface area contributed by atoms with E-state index in [9.17, 15) is 14.9 Å². The number of aryl methyl sites for hydroxylation is 3. The van der Waals surface area contributed by atoms with Crippen molar-refractivity contribution in [3.8, 4) is 0 Å². The molecule has 174 valence electrons. The van der Waals surface area contributed by atoms with Crippen LogP contribution in [-0.2, 0) is 11.3 Å². The Morgan fingerprint density at radius 3 is 2.59 bits per heavy atom. The van der Waals surface area contributed by atoms with Crippen LogP contribution in [0.25, 0.3) is 16.3 Å². The first-order valence-electron chi connectivity index (χ1n) is 10.5. The Hall–Kier alpha value is -3.56. The first-order chi connectivity index (χ1) is 16.2. The highest BCUT2D eigenvalue weighted by Gasteiger charge is 2.19. The van der Waals surface area contributed by atoms with Crippen molar-refractivity contribution in [1.29, 1.82) is 0 Å². The van der Waals surface area contributed by atoms with E-state index in [-0.39, 0.29) is 11.6 Å². The number of amides is 1. The van der Waals surface area contributed by atoms with Crippen molar-refractivity contribution in [3.63, 3.8) is 0 Å². The average Bonchev–Trinajstić information content (AvgIpc) is 3.35. The monoisotopic (exact) mass is 495 g/mol. The van der Waals surface area contributed by atoms with E-state index < -0.39 is 4.92 Å². The molecule has 0 radical (unpaired) electrons. The quantitative estimate of drug-likeness (QED) is 0.185. The largest absolute Gasteiger partial charge is 0.283 e. The van der Waals surface area contributed by atoms with Gasteiger partial charge in [0, 0.05) is 35.5 Å². The Morgan fingerprint density at radius 1 is 1.21 bits per heavy atom. The number of nitro groups is 1. The number of fused-ring (bicyclic) bond motifs is 1. The molecule has 2 aromatic carbocycles. The number of non-ortho nitro benzene ring substituents is 1. The van der Waals surface area contributed by atoms with Gasteiger partial charge in [0.1, 0.15) is 0 Å². The molecule has 2 heterocycles. The van der Waals surface area contributed by atoms with Crippen molar-refractivity contribution in [2.24, 2.45) is 0 Å². The van der Waals surface area contributed by atoms with Crippen molar-refractivity contribution in [1.82, 2.24) is 14.8 Å². The van der Waals surface area contributed by atoms with Gasteiger partial charge >= 0.3 is 0 Å². The zero-order valence-corrected chi connectivity index (χ0v) is 20.4. The highest BCUT2D eigenvalue weighted by Crippen LogP contribution is 2.33. The topological polar surface area (TPSA) is 94.2 Å². The number of nitro benzene ring substituents is 1. The van der Waals surface area contributed by atoms with Crippen LogP contribution in [0.3, 0.4) is 0 Å². The first-order valence-corrected chi connectivity index (χ1v) is 11.7. The second kappa shape index (κ2) is 9.74. The van der Waals surface area contributed by atoms with Crippen LogP contribution >= 0.6 is 22.9 Å². The molecule has 0 bridgehead atoms. The summed E-state index contributed by atoms with van der Waals surface area (Å²) in [5.41, 5.74) is 4.37. The number of aromatic nitrogens is 3. The van der Waals surface area contributed by atoms with E-state index in [1.165, 1.54) is 29.5 Å². The van der Waals surface area contributed by atoms with Crippen LogP contribution < -0.4 is 4.90 Å². The second-order valence-corrected chi connectivity index (χ2v) is 9.33. The van der Waals surface area contributed by atoms with Gasteiger partial charge in [-0.15, -0.1) is 0 Å². The fourth-order valence-corrected chi connectivity index (χ4v) is 5.07. The van der Waals surface area contributed by atoms with Gasteiger partial charge in [-0.2, -0.15) is 5.10 Å². The molecule has 0 aliphatic carbocycles. The maximum absolute atomic E-state index is 13.3. The molecule has 0 unspecified atom stereocenters. The van der Waals surface area contributed by atoms with Crippen LogP contribution in [0.4, 0.5) is 10.8 Å². The number of carbonyl (C=O) groups is 1. The number of rotatable bonds is 7. The number of anilines is 1. The predicted molar refractivity (Wildman–Crippen MR) is 136 cm³/mol. The molecule has 8 nitrogen and oxygen atoms in total. The second-order valence-electron chi connectivity index (χ2n) is 7.89. The smallest absolute Gasteiger partial charge is 0.269 e. The molecule has 0 fully saturated rings. The van der Waals surface area contributed by atoms with Crippen molar-refractivity contribution >= 4 is 56.0 Å². The molecule has 2 aromatic heterocycles. The minimum Gasteiger partial charge on any atom is -0.283 e. The SMILES string of the molecule is Cc1cc(C)n(CCN(C(=O)C=Cc2ccc([N+](=O)[O-])cc2)c2nc3c(C)cc(Cl)cc3s2)n1. The zero-order valence-electron chi connectivity index (χ0n) is 18.9. The van der Waals surface area contributed by atoms with Crippen molar-refractivity contribution < 1.29 is 9.72 Å². The third-order valence-corrected chi connectivity index (χ3v) is 6.54. The summed E-state index contributed by atoms with van der Waals surface area (Å²) >= 11 is 7.62. The van der Waals surface area contributed by atoms with Crippen molar-refractivity contribution in [2.75, 3.05) is 11.4 Å². The van der Waals surface area contributed by atoms with Gasteiger partial charge in [-0.3, -0.25) is 24.5 Å². The molecule has 1 amide bonds. The van der Waals surface area contributed by atoms with Crippen LogP contribution in [-0.4, -0.2) is 32.1 Å². The summed E-state index contributed by atoms with van der Waals surface area (Å²) in [5, 5.41) is 16.5. The zero-order chi connectivity index (χ0) is 24.4. The molecule has 0 aliphatic heterocycles. The fraction of sp³-hybridized carbons (Fsp3) is 0.208. The van der Waals surface area contributed by atoms with Gasteiger partial charge in [0.05, 0.1) is 27.4 Å². The number of benzene rings is 2. The summed E-state index contributed by atoms with van der Waals surface area (Å²) in [6, 6.07) is 11.7. The molecule has 4 aromatic rings. The molecular formula is C24H22ClN5O3S. The van der Waals surface area contributed by atoms with Crippen molar-refractivity contribution in [2.45, 2.75) is 27.3 Å². The van der Waals surface area contributed by atoms with Gasteiger partial charge in [0.15, 0.2) is 5.13 Å². The lowest BCUT2D eigenvalue weighted by atomic mass is 10.2. The summed E-state index contributed by atoms with van der Waals surface area (Å²) in [6.07, 6.45) is 3.09. The molecule has 0 saturated heterocycles. The van der Waals surface area contributed by atoms with Gasteiger partial charge in [-0.25, -0.2) is 4.98 Å². The molecule has 0 atom stereocenters. The predicted octanol–water partition coefficient (Wildman–Crippen LogP) is 5.73. The van der Waals surface area contributed by atoms with Crippen LogP contribution in [0.15, 0.2) is 48.5 Å².